The molecule has 2 rings (SSSR count). The molecular formula is C17H21N3O2S2. The third kappa shape index (κ3) is 4.77. The summed E-state index contributed by atoms with van der Waals surface area (Å²) in [7, 11) is -2.05. The highest BCUT2D eigenvalue weighted by Crippen LogP contribution is 2.18. The Morgan fingerprint density at radius 3 is 1.79 bits per heavy atom. The summed E-state index contributed by atoms with van der Waals surface area (Å²) >= 11 is 5.28. The van der Waals surface area contributed by atoms with Crippen LogP contribution in [0, 0.1) is 0 Å². The van der Waals surface area contributed by atoms with Gasteiger partial charge in [0.1, 0.15) is 0 Å². The molecule has 2 aromatic carbocycles. The van der Waals surface area contributed by atoms with Crippen LogP contribution in [-0.2, 0) is 10.0 Å². The van der Waals surface area contributed by atoms with Crippen molar-refractivity contribution in [1.82, 2.24) is 4.72 Å². The molecule has 2 aromatic rings. The van der Waals surface area contributed by atoms with E-state index in [-0.39, 0.29) is 4.90 Å². The van der Waals surface area contributed by atoms with Gasteiger partial charge in [0.05, 0.1) is 4.90 Å². The number of benzene rings is 2. The third-order valence-electron chi connectivity index (χ3n) is 3.53. The van der Waals surface area contributed by atoms with E-state index in [1.807, 2.05) is 12.1 Å². The van der Waals surface area contributed by atoms with Gasteiger partial charge in [0.25, 0.3) is 0 Å². The average Bonchev–Trinajstić information content (AvgIpc) is 2.55. The van der Waals surface area contributed by atoms with E-state index >= 15 is 0 Å². The maximum atomic E-state index is 11.7. The Hall–Kier alpha value is -1.96. The van der Waals surface area contributed by atoms with Crippen LogP contribution < -0.4 is 15.4 Å². The summed E-state index contributed by atoms with van der Waals surface area (Å²) in [5.41, 5.74) is 2.87. The summed E-state index contributed by atoms with van der Waals surface area (Å²) in [5, 5.41) is 6.57. The highest BCUT2D eigenvalue weighted by atomic mass is 32.2. The normalized spacial score (nSPS) is 11.3. The zero-order chi connectivity index (χ0) is 17.7. The minimum atomic E-state index is -3.43. The summed E-state index contributed by atoms with van der Waals surface area (Å²) in [6.45, 7) is 4.29. The van der Waals surface area contributed by atoms with E-state index in [9.17, 15) is 8.42 Å². The Kier molecular flexibility index (Phi) is 5.93. The number of hydrogen-bond donors (Lipinski definition) is 3. The lowest BCUT2D eigenvalue weighted by atomic mass is 10.0. The predicted molar refractivity (Wildman–Crippen MR) is 103 cm³/mol. The van der Waals surface area contributed by atoms with E-state index in [1.165, 1.54) is 24.7 Å². The maximum Gasteiger partial charge on any atom is 0.240 e. The predicted octanol–water partition coefficient (Wildman–Crippen LogP) is 3.53. The molecule has 0 aromatic heterocycles. The SMILES string of the molecule is CNS(=O)(=O)c1ccc(NC(=S)Nc2ccc(C(C)C)cc2)cc1. The molecule has 0 atom stereocenters. The largest absolute Gasteiger partial charge is 0.332 e. The molecular weight excluding hydrogens is 342 g/mol. The minimum Gasteiger partial charge on any atom is -0.332 e. The fourth-order valence-electron chi connectivity index (χ4n) is 2.08. The monoisotopic (exact) mass is 363 g/mol. The van der Waals surface area contributed by atoms with E-state index in [1.54, 1.807) is 12.1 Å². The Morgan fingerprint density at radius 2 is 1.38 bits per heavy atom. The van der Waals surface area contributed by atoms with Crippen LogP contribution in [0.2, 0.25) is 0 Å². The Balaban J connectivity index is 1.99. The van der Waals surface area contributed by atoms with Crippen LogP contribution in [-0.4, -0.2) is 20.6 Å². The van der Waals surface area contributed by atoms with Crippen molar-refractivity contribution in [3.05, 3.63) is 54.1 Å². The van der Waals surface area contributed by atoms with Gasteiger partial charge < -0.3 is 10.6 Å². The molecule has 7 heteroatoms. The molecule has 0 heterocycles. The van der Waals surface area contributed by atoms with Crippen LogP contribution in [0.5, 0.6) is 0 Å². The van der Waals surface area contributed by atoms with Gasteiger partial charge in [-0.1, -0.05) is 26.0 Å². The van der Waals surface area contributed by atoms with Crippen LogP contribution in [0.25, 0.3) is 0 Å². The average molecular weight is 364 g/mol. The summed E-state index contributed by atoms with van der Waals surface area (Å²) in [4.78, 5) is 0.207. The van der Waals surface area contributed by atoms with Crippen molar-refractivity contribution in [3.8, 4) is 0 Å². The highest BCUT2D eigenvalue weighted by molar-refractivity contribution is 7.89. The molecule has 0 saturated carbocycles. The van der Waals surface area contributed by atoms with Crippen molar-refractivity contribution in [3.63, 3.8) is 0 Å². The van der Waals surface area contributed by atoms with Gasteiger partial charge in [-0.05, 0) is 67.1 Å². The second-order valence-corrected chi connectivity index (χ2v) is 7.88. The van der Waals surface area contributed by atoms with Crippen molar-refractivity contribution in [2.24, 2.45) is 0 Å². The van der Waals surface area contributed by atoms with Gasteiger partial charge in [-0.2, -0.15) is 0 Å². The summed E-state index contributed by atoms with van der Waals surface area (Å²) in [6, 6.07) is 14.5. The first-order chi connectivity index (χ1) is 11.3. The van der Waals surface area contributed by atoms with Gasteiger partial charge in [0.2, 0.25) is 10.0 Å². The van der Waals surface area contributed by atoms with E-state index in [2.05, 4.69) is 41.3 Å². The first-order valence-corrected chi connectivity index (χ1v) is 9.42. The van der Waals surface area contributed by atoms with Crippen molar-refractivity contribution in [1.29, 1.82) is 0 Å². The smallest absolute Gasteiger partial charge is 0.240 e. The molecule has 0 fully saturated rings. The van der Waals surface area contributed by atoms with Gasteiger partial charge in [-0.3, -0.25) is 0 Å². The minimum absolute atomic E-state index is 0.207. The van der Waals surface area contributed by atoms with Gasteiger partial charge in [0, 0.05) is 11.4 Å². The Labute approximate surface area is 148 Å². The summed E-state index contributed by atoms with van der Waals surface area (Å²) in [6.07, 6.45) is 0. The van der Waals surface area contributed by atoms with E-state index in [0.717, 1.165) is 5.69 Å². The molecule has 5 nitrogen and oxygen atoms in total. The van der Waals surface area contributed by atoms with Crippen LogP contribution >= 0.6 is 12.2 Å². The molecule has 0 aliphatic heterocycles. The van der Waals surface area contributed by atoms with E-state index in [0.29, 0.717) is 16.7 Å². The number of hydrogen-bond acceptors (Lipinski definition) is 3. The molecule has 0 bridgehead atoms. The second-order valence-electron chi connectivity index (χ2n) is 5.59. The first kappa shape index (κ1) is 18.4. The Morgan fingerprint density at radius 1 is 0.917 bits per heavy atom. The van der Waals surface area contributed by atoms with Crippen molar-refractivity contribution in [2.45, 2.75) is 24.7 Å². The van der Waals surface area contributed by atoms with Crippen LogP contribution in [0.4, 0.5) is 11.4 Å². The number of anilines is 2. The molecule has 0 unspecified atom stereocenters. The van der Waals surface area contributed by atoms with Gasteiger partial charge in [-0.25, -0.2) is 13.1 Å². The molecule has 3 N–H and O–H groups in total. The molecule has 0 aliphatic rings. The molecule has 0 amide bonds. The van der Waals surface area contributed by atoms with Gasteiger partial charge in [0.15, 0.2) is 5.11 Å². The van der Waals surface area contributed by atoms with Crippen molar-refractivity contribution in [2.75, 3.05) is 17.7 Å². The quantitative estimate of drug-likeness (QED) is 0.709. The van der Waals surface area contributed by atoms with E-state index < -0.39 is 10.0 Å². The van der Waals surface area contributed by atoms with Crippen LogP contribution in [0.1, 0.15) is 25.3 Å². The fraction of sp³-hybridized carbons (Fsp3) is 0.235. The third-order valence-corrected chi connectivity index (χ3v) is 5.16. The first-order valence-electron chi connectivity index (χ1n) is 7.53. The van der Waals surface area contributed by atoms with Crippen LogP contribution in [0.15, 0.2) is 53.4 Å². The molecule has 24 heavy (non-hydrogen) atoms. The van der Waals surface area contributed by atoms with Crippen molar-refractivity contribution >= 4 is 38.7 Å². The lowest BCUT2D eigenvalue weighted by molar-refractivity contribution is 0.588. The highest BCUT2D eigenvalue weighted by Gasteiger charge is 2.10. The van der Waals surface area contributed by atoms with Gasteiger partial charge in [-0.15, -0.1) is 0 Å². The zero-order valence-electron chi connectivity index (χ0n) is 13.8. The molecule has 0 saturated heterocycles. The lowest BCUT2D eigenvalue weighted by Gasteiger charge is -2.12. The summed E-state index contributed by atoms with van der Waals surface area (Å²) < 4.78 is 25.6. The lowest BCUT2D eigenvalue weighted by Crippen LogP contribution is -2.20. The fourth-order valence-corrected chi connectivity index (χ4v) is 3.05. The molecule has 0 spiro atoms. The number of sulfonamides is 1. The molecule has 0 aliphatic carbocycles. The number of rotatable bonds is 5. The van der Waals surface area contributed by atoms with Crippen LogP contribution in [0.3, 0.4) is 0 Å². The maximum absolute atomic E-state index is 11.7. The van der Waals surface area contributed by atoms with E-state index in [4.69, 9.17) is 12.2 Å². The molecule has 0 radical (unpaired) electrons. The summed E-state index contributed by atoms with van der Waals surface area (Å²) in [5.74, 6) is 0.483. The second kappa shape index (κ2) is 7.74. The number of nitrogens with one attached hydrogen (secondary N) is 3. The Bertz CT molecular complexity index is 799. The number of thiocarbonyl (C=S) groups is 1. The zero-order valence-corrected chi connectivity index (χ0v) is 15.5. The topological polar surface area (TPSA) is 70.2 Å². The standard InChI is InChI=1S/C17H21N3O2S2/c1-12(2)13-4-6-14(7-5-13)19-17(23)20-15-8-10-16(11-9-15)24(21,22)18-3/h4-12,18H,1-3H3,(H2,19,20,23). The molecule has 128 valence electrons. The van der Waals surface area contributed by atoms with Gasteiger partial charge >= 0.3 is 0 Å². The van der Waals surface area contributed by atoms with Crippen molar-refractivity contribution < 1.29 is 8.42 Å².